The first-order chi connectivity index (χ1) is 21.0. The van der Waals surface area contributed by atoms with E-state index in [1.165, 1.54) is 4.90 Å². The largest absolute Gasteiger partial charge is 0.445 e. The molecule has 234 valence electrons. The van der Waals surface area contributed by atoms with Crippen LogP contribution in [0.3, 0.4) is 0 Å². The third-order valence-electron chi connectivity index (χ3n) is 7.53. The van der Waals surface area contributed by atoms with E-state index in [0.717, 1.165) is 16.7 Å². The number of pyridine rings is 1. The minimum absolute atomic E-state index is 0.0280. The van der Waals surface area contributed by atoms with Crippen LogP contribution in [0.5, 0.6) is 0 Å². The van der Waals surface area contributed by atoms with E-state index in [1.807, 2.05) is 45.0 Å². The standard InChI is InChI=1S/C32H40N6O6/c1-19(2)26(28(39)30-37-36-25(44-30)17-23-9-6-8-21(5)16-23)34-29(40)24-10-7-15-38(24)31(41)27(20(3)4)35-32(42)43-18-22-11-13-33-14-12-22/h6,8-9,11-14,16,19-20,24,26-27H,7,10,15,17-18H2,1-5H3,(H,34,40)(H,35,42)/t24-,26-,27-/m0/s1. The van der Waals surface area contributed by atoms with Gasteiger partial charge in [-0.15, -0.1) is 10.2 Å². The van der Waals surface area contributed by atoms with Crippen molar-refractivity contribution in [1.29, 1.82) is 0 Å². The monoisotopic (exact) mass is 604 g/mol. The summed E-state index contributed by atoms with van der Waals surface area (Å²) in [5, 5.41) is 13.5. The normalized spacial score (nSPS) is 16.1. The van der Waals surface area contributed by atoms with Gasteiger partial charge in [0.15, 0.2) is 0 Å². The van der Waals surface area contributed by atoms with Crippen molar-refractivity contribution in [3.8, 4) is 0 Å². The molecule has 0 radical (unpaired) electrons. The molecule has 3 amide bonds. The Kier molecular flexibility index (Phi) is 10.8. The predicted molar refractivity (Wildman–Crippen MR) is 160 cm³/mol. The summed E-state index contributed by atoms with van der Waals surface area (Å²) in [6.45, 7) is 9.59. The Bertz CT molecular complexity index is 1460. The highest BCUT2D eigenvalue weighted by atomic mass is 16.5. The molecule has 3 aromatic rings. The van der Waals surface area contributed by atoms with Gasteiger partial charge in [-0.1, -0.05) is 57.5 Å². The number of hydrogen-bond donors (Lipinski definition) is 2. The molecule has 1 aromatic carbocycles. The summed E-state index contributed by atoms with van der Waals surface area (Å²) in [6, 6.07) is 8.68. The van der Waals surface area contributed by atoms with Gasteiger partial charge in [-0.3, -0.25) is 19.4 Å². The molecule has 1 fully saturated rings. The van der Waals surface area contributed by atoms with Crippen LogP contribution in [-0.2, 0) is 27.4 Å². The number of ether oxygens (including phenoxy) is 1. The number of rotatable bonds is 12. The zero-order valence-corrected chi connectivity index (χ0v) is 25.8. The van der Waals surface area contributed by atoms with Crippen molar-refractivity contribution >= 4 is 23.7 Å². The van der Waals surface area contributed by atoms with Gasteiger partial charge >= 0.3 is 6.09 Å². The van der Waals surface area contributed by atoms with Crippen LogP contribution in [0.15, 0.2) is 53.2 Å². The molecule has 12 nitrogen and oxygen atoms in total. The third-order valence-corrected chi connectivity index (χ3v) is 7.53. The van der Waals surface area contributed by atoms with Crippen LogP contribution in [0.1, 0.15) is 73.8 Å². The Labute approximate surface area is 257 Å². The summed E-state index contributed by atoms with van der Waals surface area (Å²) in [4.78, 5) is 58.5. The first-order valence-corrected chi connectivity index (χ1v) is 14.9. The molecule has 0 spiro atoms. The van der Waals surface area contributed by atoms with Gasteiger partial charge in [0.1, 0.15) is 18.7 Å². The minimum atomic E-state index is -0.936. The van der Waals surface area contributed by atoms with Crippen LogP contribution in [-0.4, -0.2) is 68.4 Å². The molecule has 0 saturated carbocycles. The topological polar surface area (TPSA) is 157 Å². The maximum absolute atomic E-state index is 13.6. The van der Waals surface area contributed by atoms with Gasteiger partial charge in [0.25, 0.3) is 5.89 Å². The average Bonchev–Trinajstić information content (AvgIpc) is 3.67. The summed E-state index contributed by atoms with van der Waals surface area (Å²) in [6.07, 6.45) is 3.86. The fourth-order valence-electron chi connectivity index (χ4n) is 5.13. The number of carbonyl (C=O) groups excluding carboxylic acids is 4. The van der Waals surface area contributed by atoms with Crippen molar-refractivity contribution in [1.82, 2.24) is 30.7 Å². The molecule has 0 aliphatic carbocycles. The maximum Gasteiger partial charge on any atom is 0.408 e. The Balaban J connectivity index is 1.39. The van der Waals surface area contributed by atoms with Gasteiger partial charge in [0.2, 0.25) is 23.5 Å². The lowest BCUT2D eigenvalue weighted by atomic mass is 9.98. The number of benzene rings is 1. The van der Waals surface area contributed by atoms with E-state index in [4.69, 9.17) is 9.15 Å². The summed E-state index contributed by atoms with van der Waals surface area (Å²) in [5.74, 6) is -1.77. The number of likely N-dealkylation sites (tertiary alicyclic amines) is 1. The van der Waals surface area contributed by atoms with E-state index in [-0.39, 0.29) is 30.2 Å². The van der Waals surface area contributed by atoms with E-state index in [9.17, 15) is 19.2 Å². The van der Waals surface area contributed by atoms with Crippen molar-refractivity contribution in [2.75, 3.05) is 6.54 Å². The number of amides is 3. The van der Waals surface area contributed by atoms with Gasteiger partial charge in [-0.2, -0.15) is 0 Å². The number of nitrogens with zero attached hydrogens (tertiary/aromatic N) is 4. The molecule has 3 atom stereocenters. The molecule has 3 heterocycles. The molecule has 2 N–H and O–H groups in total. The average molecular weight is 605 g/mol. The van der Waals surface area contributed by atoms with Crippen molar-refractivity contribution in [2.24, 2.45) is 11.8 Å². The zero-order chi connectivity index (χ0) is 31.8. The van der Waals surface area contributed by atoms with E-state index in [0.29, 0.717) is 31.7 Å². The number of aryl methyl sites for hydroxylation is 1. The smallest absolute Gasteiger partial charge is 0.408 e. The highest BCUT2D eigenvalue weighted by Gasteiger charge is 2.40. The molecule has 4 rings (SSSR count). The number of carbonyl (C=O) groups is 4. The molecule has 0 unspecified atom stereocenters. The van der Waals surface area contributed by atoms with Crippen LogP contribution < -0.4 is 10.6 Å². The van der Waals surface area contributed by atoms with Crippen molar-refractivity contribution in [3.05, 3.63) is 77.3 Å². The van der Waals surface area contributed by atoms with Crippen LogP contribution in [0, 0.1) is 18.8 Å². The summed E-state index contributed by atoms with van der Waals surface area (Å²) in [5.41, 5.74) is 2.83. The summed E-state index contributed by atoms with van der Waals surface area (Å²) in [7, 11) is 0. The highest BCUT2D eigenvalue weighted by Crippen LogP contribution is 2.22. The number of nitrogens with one attached hydrogen (secondary N) is 2. The fourth-order valence-corrected chi connectivity index (χ4v) is 5.13. The first kappa shape index (κ1) is 32.3. The van der Waals surface area contributed by atoms with Crippen LogP contribution >= 0.6 is 0 Å². The SMILES string of the molecule is Cc1cccc(Cc2nnc(C(=O)[C@@H](NC(=O)[C@@H]3CCCN3C(=O)[C@@H](NC(=O)OCc3ccncc3)C(C)C)C(C)C)o2)c1. The second-order valence-electron chi connectivity index (χ2n) is 11.7. The van der Waals surface area contributed by atoms with Gasteiger partial charge in [-0.25, -0.2) is 4.79 Å². The van der Waals surface area contributed by atoms with E-state index < -0.39 is 35.9 Å². The third kappa shape index (κ3) is 8.27. The van der Waals surface area contributed by atoms with E-state index in [1.54, 1.807) is 38.4 Å². The minimum Gasteiger partial charge on any atom is -0.445 e. The molecule has 0 bridgehead atoms. The van der Waals surface area contributed by atoms with E-state index in [2.05, 4.69) is 25.8 Å². The summed E-state index contributed by atoms with van der Waals surface area (Å²) >= 11 is 0. The number of ketones is 1. The van der Waals surface area contributed by atoms with Crippen molar-refractivity contribution in [2.45, 2.75) is 78.6 Å². The lowest BCUT2D eigenvalue weighted by Crippen LogP contribution is -2.57. The Morgan fingerprint density at radius 1 is 0.977 bits per heavy atom. The first-order valence-electron chi connectivity index (χ1n) is 14.9. The Morgan fingerprint density at radius 2 is 1.70 bits per heavy atom. The molecule has 2 aromatic heterocycles. The predicted octanol–water partition coefficient (Wildman–Crippen LogP) is 3.63. The quantitative estimate of drug-likeness (QED) is 0.295. The molecule has 44 heavy (non-hydrogen) atoms. The van der Waals surface area contributed by atoms with Gasteiger partial charge in [0.05, 0.1) is 12.5 Å². The van der Waals surface area contributed by atoms with Gasteiger partial charge < -0.3 is 24.7 Å². The van der Waals surface area contributed by atoms with Crippen LogP contribution in [0.4, 0.5) is 4.79 Å². The lowest BCUT2D eigenvalue weighted by Gasteiger charge is -2.31. The van der Waals surface area contributed by atoms with Crippen molar-refractivity contribution in [3.63, 3.8) is 0 Å². The van der Waals surface area contributed by atoms with Gasteiger partial charge in [-0.05, 0) is 54.9 Å². The Hall–Kier alpha value is -4.61. The number of aromatic nitrogens is 3. The second kappa shape index (κ2) is 14.7. The van der Waals surface area contributed by atoms with Gasteiger partial charge in [0, 0.05) is 18.9 Å². The molecule has 12 heteroatoms. The molecular formula is C32H40N6O6. The molecule has 1 aliphatic rings. The van der Waals surface area contributed by atoms with Crippen molar-refractivity contribution < 1.29 is 28.3 Å². The molecular weight excluding hydrogens is 564 g/mol. The molecule has 1 saturated heterocycles. The number of alkyl carbamates (subject to hydrolysis) is 1. The number of hydrogen-bond acceptors (Lipinski definition) is 9. The number of Topliss-reactive ketones (excluding diaryl/α,β-unsaturated/α-hetero) is 1. The van der Waals surface area contributed by atoms with Crippen LogP contribution in [0.2, 0.25) is 0 Å². The highest BCUT2D eigenvalue weighted by molar-refractivity contribution is 6.00. The second-order valence-corrected chi connectivity index (χ2v) is 11.7. The van der Waals surface area contributed by atoms with E-state index >= 15 is 0 Å². The zero-order valence-electron chi connectivity index (χ0n) is 25.8. The Morgan fingerprint density at radius 3 is 2.39 bits per heavy atom. The fraction of sp³-hybridized carbons (Fsp3) is 0.469. The molecule has 1 aliphatic heterocycles. The van der Waals surface area contributed by atoms with Crippen LogP contribution in [0.25, 0.3) is 0 Å². The lowest BCUT2D eigenvalue weighted by molar-refractivity contribution is -0.141. The summed E-state index contributed by atoms with van der Waals surface area (Å²) < 4.78 is 11.0. The maximum atomic E-state index is 13.6.